The van der Waals surface area contributed by atoms with Crippen LogP contribution < -0.4 is 0 Å². The monoisotopic (exact) mass is 337 g/mol. The smallest absolute Gasteiger partial charge is 0.222 e. The van der Waals surface area contributed by atoms with E-state index in [2.05, 4.69) is 31.2 Å². The number of rotatable bonds is 6. The molecule has 2 rings (SSSR count). The molecular formula is C18H27NO3S. The maximum Gasteiger partial charge on any atom is 0.222 e. The summed E-state index contributed by atoms with van der Waals surface area (Å²) in [5.41, 5.74) is 1.36. The van der Waals surface area contributed by atoms with Crippen molar-refractivity contribution in [2.45, 2.75) is 38.5 Å². The second-order valence-electron chi connectivity index (χ2n) is 6.55. The number of hydrogen-bond donors (Lipinski definition) is 0. The third kappa shape index (κ3) is 5.34. The lowest BCUT2D eigenvalue weighted by molar-refractivity contribution is -0.133. The van der Waals surface area contributed by atoms with Gasteiger partial charge in [-0.25, -0.2) is 8.42 Å². The average molecular weight is 337 g/mol. The highest BCUT2D eigenvalue weighted by molar-refractivity contribution is 7.90. The second kappa shape index (κ2) is 7.95. The average Bonchev–Trinajstić information content (AvgIpc) is 2.53. The van der Waals surface area contributed by atoms with Crippen LogP contribution in [0.2, 0.25) is 0 Å². The molecule has 0 spiro atoms. The van der Waals surface area contributed by atoms with Crippen molar-refractivity contribution in [1.82, 2.24) is 4.90 Å². The number of likely N-dealkylation sites (tertiary alicyclic amines) is 1. The van der Waals surface area contributed by atoms with Crippen molar-refractivity contribution in [3.8, 4) is 0 Å². The zero-order valence-corrected chi connectivity index (χ0v) is 14.9. The summed E-state index contributed by atoms with van der Waals surface area (Å²) in [5, 5.41) is 0. The number of amides is 1. The van der Waals surface area contributed by atoms with Crippen LogP contribution in [0, 0.1) is 5.92 Å². The number of hydrogen-bond acceptors (Lipinski definition) is 3. The molecule has 1 amide bonds. The lowest BCUT2D eigenvalue weighted by Crippen LogP contribution is -2.42. The number of sulfone groups is 1. The number of piperidine rings is 1. The lowest BCUT2D eigenvalue weighted by Gasteiger charge is -2.38. The van der Waals surface area contributed by atoms with Gasteiger partial charge in [0, 0.05) is 25.8 Å². The third-order valence-corrected chi connectivity index (χ3v) is 5.77. The largest absolute Gasteiger partial charge is 0.342 e. The fourth-order valence-corrected chi connectivity index (χ4v) is 4.12. The summed E-state index contributed by atoms with van der Waals surface area (Å²) in [6.07, 6.45) is 4.01. The van der Waals surface area contributed by atoms with Crippen LogP contribution in [0.5, 0.6) is 0 Å². The van der Waals surface area contributed by atoms with Gasteiger partial charge in [-0.1, -0.05) is 43.7 Å². The number of carbonyl (C=O) groups is 1. The molecule has 4 nitrogen and oxygen atoms in total. The summed E-state index contributed by atoms with van der Waals surface area (Å²) < 4.78 is 22.3. The van der Waals surface area contributed by atoms with E-state index in [1.54, 1.807) is 0 Å². The zero-order chi connectivity index (χ0) is 16.9. The Morgan fingerprint density at radius 1 is 1.26 bits per heavy atom. The molecule has 128 valence electrons. The molecule has 0 aliphatic carbocycles. The van der Waals surface area contributed by atoms with Gasteiger partial charge in [0.05, 0.1) is 5.75 Å². The van der Waals surface area contributed by atoms with Gasteiger partial charge in [-0.15, -0.1) is 0 Å². The van der Waals surface area contributed by atoms with E-state index in [1.165, 1.54) is 11.8 Å². The molecule has 1 heterocycles. The molecule has 1 aromatic rings. The van der Waals surface area contributed by atoms with Crippen LogP contribution in [0.3, 0.4) is 0 Å². The van der Waals surface area contributed by atoms with E-state index in [1.807, 2.05) is 11.0 Å². The fourth-order valence-electron chi connectivity index (χ4n) is 3.46. The first-order valence-electron chi connectivity index (χ1n) is 8.41. The predicted molar refractivity (Wildman–Crippen MR) is 93.1 cm³/mol. The van der Waals surface area contributed by atoms with Crippen molar-refractivity contribution < 1.29 is 13.2 Å². The van der Waals surface area contributed by atoms with E-state index in [9.17, 15) is 13.2 Å². The molecule has 0 N–H and O–H groups in total. The minimum Gasteiger partial charge on any atom is -0.342 e. The molecule has 1 aliphatic heterocycles. The molecule has 0 aromatic heterocycles. The Morgan fingerprint density at radius 3 is 2.57 bits per heavy atom. The van der Waals surface area contributed by atoms with Gasteiger partial charge in [0.15, 0.2) is 0 Å². The van der Waals surface area contributed by atoms with Gasteiger partial charge in [0.25, 0.3) is 0 Å². The molecule has 1 aliphatic rings. The number of carbonyl (C=O) groups excluding carboxylic acids is 1. The van der Waals surface area contributed by atoms with E-state index < -0.39 is 9.84 Å². The molecule has 0 radical (unpaired) electrons. The standard InChI is InChI=1S/C18H27NO3S/c1-3-15-14-19(18(20)10-7-13-23(2,21)22)12-11-17(15)16-8-5-4-6-9-16/h4-6,8-9,15,17H,3,7,10-14H2,1-2H3/t15-,17-/m1/s1. The Labute approximate surface area is 139 Å². The Morgan fingerprint density at radius 2 is 1.96 bits per heavy atom. The predicted octanol–water partition coefficient (Wildman–Crippen LogP) is 2.85. The summed E-state index contributed by atoms with van der Waals surface area (Å²) in [7, 11) is -2.98. The molecule has 0 bridgehead atoms. The second-order valence-corrected chi connectivity index (χ2v) is 8.81. The van der Waals surface area contributed by atoms with E-state index in [-0.39, 0.29) is 11.7 Å². The SMILES string of the molecule is CC[C@@H]1CN(C(=O)CCCS(C)(=O)=O)CC[C@H]1c1ccccc1. The Balaban J connectivity index is 1.92. The molecule has 2 atom stereocenters. The summed E-state index contributed by atoms with van der Waals surface area (Å²) in [6, 6.07) is 10.5. The van der Waals surface area contributed by atoms with Gasteiger partial charge in [0.2, 0.25) is 5.91 Å². The number of nitrogens with zero attached hydrogens (tertiary/aromatic N) is 1. The molecule has 0 unspecified atom stereocenters. The van der Waals surface area contributed by atoms with Crippen LogP contribution in [-0.2, 0) is 14.6 Å². The van der Waals surface area contributed by atoms with E-state index >= 15 is 0 Å². The van der Waals surface area contributed by atoms with Crippen LogP contribution in [0.4, 0.5) is 0 Å². The molecule has 0 saturated carbocycles. The summed E-state index contributed by atoms with van der Waals surface area (Å²) in [5.74, 6) is 1.18. The van der Waals surface area contributed by atoms with Crippen LogP contribution in [0.1, 0.15) is 44.1 Å². The van der Waals surface area contributed by atoms with Gasteiger partial charge in [0.1, 0.15) is 9.84 Å². The van der Waals surface area contributed by atoms with Crippen LogP contribution >= 0.6 is 0 Å². The Kier molecular flexibility index (Phi) is 6.22. The van der Waals surface area contributed by atoms with Crippen LogP contribution in [-0.4, -0.2) is 44.3 Å². The molecular weight excluding hydrogens is 310 g/mol. The maximum atomic E-state index is 12.3. The van der Waals surface area contributed by atoms with Crippen molar-refractivity contribution in [2.24, 2.45) is 5.92 Å². The Bertz CT molecular complexity index is 612. The van der Waals surface area contributed by atoms with Gasteiger partial charge in [-0.05, 0) is 30.2 Å². The molecule has 23 heavy (non-hydrogen) atoms. The normalized spacial score (nSPS) is 22.1. The zero-order valence-electron chi connectivity index (χ0n) is 14.1. The minimum absolute atomic E-state index is 0.0937. The Hall–Kier alpha value is -1.36. The van der Waals surface area contributed by atoms with Crippen molar-refractivity contribution in [3.05, 3.63) is 35.9 Å². The van der Waals surface area contributed by atoms with Crippen molar-refractivity contribution in [1.29, 1.82) is 0 Å². The first-order chi connectivity index (χ1) is 10.9. The van der Waals surface area contributed by atoms with E-state index in [4.69, 9.17) is 0 Å². The van der Waals surface area contributed by atoms with Crippen LogP contribution in [0.25, 0.3) is 0 Å². The van der Waals surface area contributed by atoms with Crippen molar-refractivity contribution >= 4 is 15.7 Å². The van der Waals surface area contributed by atoms with Gasteiger partial charge in [-0.3, -0.25) is 4.79 Å². The number of benzene rings is 1. The highest BCUT2D eigenvalue weighted by Crippen LogP contribution is 2.35. The fraction of sp³-hybridized carbons (Fsp3) is 0.611. The molecule has 1 fully saturated rings. The topological polar surface area (TPSA) is 54.5 Å². The van der Waals surface area contributed by atoms with Gasteiger partial charge >= 0.3 is 0 Å². The lowest BCUT2D eigenvalue weighted by atomic mass is 9.79. The van der Waals surface area contributed by atoms with Crippen LogP contribution in [0.15, 0.2) is 30.3 Å². The highest BCUT2D eigenvalue weighted by Gasteiger charge is 2.30. The van der Waals surface area contributed by atoms with Gasteiger partial charge in [-0.2, -0.15) is 0 Å². The summed E-state index contributed by atoms with van der Waals surface area (Å²) >= 11 is 0. The highest BCUT2D eigenvalue weighted by atomic mass is 32.2. The molecule has 1 aromatic carbocycles. The van der Waals surface area contributed by atoms with E-state index in [0.29, 0.717) is 24.7 Å². The molecule has 1 saturated heterocycles. The minimum atomic E-state index is -2.98. The van der Waals surface area contributed by atoms with Gasteiger partial charge < -0.3 is 4.90 Å². The van der Waals surface area contributed by atoms with Crippen molar-refractivity contribution in [2.75, 3.05) is 25.1 Å². The first kappa shape index (κ1) is 18.0. The van der Waals surface area contributed by atoms with Crippen molar-refractivity contribution in [3.63, 3.8) is 0 Å². The first-order valence-corrected chi connectivity index (χ1v) is 10.5. The van der Waals surface area contributed by atoms with E-state index in [0.717, 1.165) is 25.9 Å². The maximum absolute atomic E-state index is 12.3. The molecule has 5 heteroatoms. The quantitative estimate of drug-likeness (QED) is 0.802. The third-order valence-electron chi connectivity index (χ3n) is 4.74. The summed E-state index contributed by atoms with van der Waals surface area (Å²) in [4.78, 5) is 14.2. The summed E-state index contributed by atoms with van der Waals surface area (Å²) in [6.45, 7) is 3.74.